The quantitative estimate of drug-likeness (QED) is 0.840. The van der Waals surface area contributed by atoms with Crippen LogP contribution < -0.4 is 10.1 Å². The van der Waals surface area contributed by atoms with Crippen molar-refractivity contribution in [2.24, 2.45) is 5.92 Å². The van der Waals surface area contributed by atoms with Gasteiger partial charge in [-0.3, -0.25) is 9.69 Å². The second-order valence-electron chi connectivity index (χ2n) is 6.79. The Hall–Kier alpha value is -1.55. The number of carbonyl (C=O) groups is 1. The maximum absolute atomic E-state index is 12.2. The molecular formula is C19H30N2O2. The first-order chi connectivity index (χ1) is 11.1. The molecule has 1 aliphatic rings. The van der Waals surface area contributed by atoms with Crippen LogP contribution in [0.15, 0.2) is 24.3 Å². The van der Waals surface area contributed by atoms with Gasteiger partial charge in [-0.1, -0.05) is 38.0 Å². The standard InChI is InChI=1S/C19H30N2O2/c1-15-8-4-6-10-17(15)20-19(22)14-21(3)12-13-23-18-11-7-5-9-16(18)2/h5,7,9,11,15,17H,4,6,8,10,12-14H2,1-3H3,(H,20,22). The van der Waals surface area contributed by atoms with Crippen LogP contribution in [0.25, 0.3) is 0 Å². The van der Waals surface area contributed by atoms with Crippen LogP contribution >= 0.6 is 0 Å². The highest BCUT2D eigenvalue weighted by Gasteiger charge is 2.22. The first-order valence-electron chi connectivity index (χ1n) is 8.72. The molecule has 128 valence electrons. The first kappa shape index (κ1) is 17.8. The SMILES string of the molecule is Cc1ccccc1OCCN(C)CC(=O)NC1CCCCC1C. The molecule has 1 aromatic rings. The van der Waals surface area contributed by atoms with Crippen LogP contribution in [0, 0.1) is 12.8 Å². The van der Waals surface area contributed by atoms with E-state index in [-0.39, 0.29) is 5.91 Å². The zero-order valence-corrected chi connectivity index (χ0v) is 14.7. The van der Waals surface area contributed by atoms with E-state index in [1.807, 2.05) is 43.1 Å². The van der Waals surface area contributed by atoms with Crippen LogP contribution in [-0.2, 0) is 4.79 Å². The third-order valence-electron chi connectivity index (χ3n) is 4.70. The molecule has 0 bridgehead atoms. The highest BCUT2D eigenvalue weighted by atomic mass is 16.5. The highest BCUT2D eigenvalue weighted by molar-refractivity contribution is 5.78. The van der Waals surface area contributed by atoms with Crippen molar-refractivity contribution in [3.05, 3.63) is 29.8 Å². The van der Waals surface area contributed by atoms with E-state index in [4.69, 9.17) is 4.74 Å². The molecule has 1 N–H and O–H groups in total. The monoisotopic (exact) mass is 318 g/mol. The number of ether oxygens (including phenoxy) is 1. The molecule has 1 aromatic carbocycles. The molecule has 2 rings (SSSR count). The zero-order valence-electron chi connectivity index (χ0n) is 14.7. The van der Waals surface area contributed by atoms with Crippen molar-refractivity contribution in [1.29, 1.82) is 0 Å². The lowest BCUT2D eigenvalue weighted by Crippen LogP contribution is -2.45. The van der Waals surface area contributed by atoms with Gasteiger partial charge in [0, 0.05) is 12.6 Å². The summed E-state index contributed by atoms with van der Waals surface area (Å²) in [5, 5.41) is 3.20. The van der Waals surface area contributed by atoms with E-state index >= 15 is 0 Å². The van der Waals surface area contributed by atoms with Gasteiger partial charge in [-0.25, -0.2) is 0 Å². The summed E-state index contributed by atoms with van der Waals surface area (Å²) in [6.45, 7) is 6.04. The first-order valence-corrected chi connectivity index (χ1v) is 8.72. The molecule has 0 saturated heterocycles. The molecule has 4 heteroatoms. The van der Waals surface area contributed by atoms with Gasteiger partial charge in [-0.05, 0) is 44.4 Å². The third-order valence-corrected chi connectivity index (χ3v) is 4.70. The number of nitrogens with one attached hydrogen (secondary N) is 1. The van der Waals surface area contributed by atoms with Crippen molar-refractivity contribution >= 4 is 5.91 Å². The molecule has 1 aliphatic carbocycles. The van der Waals surface area contributed by atoms with Gasteiger partial charge in [-0.15, -0.1) is 0 Å². The number of likely N-dealkylation sites (N-methyl/N-ethyl adjacent to an activating group) is 1. The largest absolute Gasteiger partial charge is 0.492 e. The summed E-state index contributed by atoms with van der Waals surface area (Å²) >= 11 is 0. The Morgan fingerprint density at radius 1 is 1.30 bits per heavy atom. The van der Waals surface area contributed by atoms with E-state index in [0.717, 1.165) is 24.3 Å². The predicted molar refractivity (Wildman–Crippen MR) is 93.7 cm³/mol. The highest BCUT2D eigenvalue weighted by Crippen LogP contribution is 2.23. The van der Waals surface area contributed by atoms with E-state index in [1.54, 1.807) is 0 Å². The second kappa shape index (κ2) is 8.92. The molecule has 4 nitrogen and oxygen atoms in total. The minimum Gasteiger partial charge on any atom is -0.492 e. The van der Waals surface area contributed by atoms with Crippen LogP contribution in [0.5, 0.6) is 5.75 Å². The van der Waals surface area contributed by atoms with Crippen LogP contribution in [0.1, 0.15) is 38.2 Å². The number of amides is 1. The minimum absolute atomic E-state index is 0.127. The number of carbonyl (C=O) groups excluding carboxylic acids is 1. The maximum Gasteiger partial charge on any atom is 0.234 e. The fraction of sp³-hybridized carbons (Fsp3) is 0.632. The van der Waals surface area contributed by atoms with E-state index < -0.39 is 0 Å². The summed E-state index contributed by atoms with van der Waals surface area (Å²) in [6.07, 6.45) is 4.87. The summed E-state index contributed by atoms with van der Waals surface area (Å²) in [5.74, 6) is 1.64. The number of rotatable bonds is 7. The molecule has 0 radical (unpaired) electrons. The van der Waals surface area contributed by atoms with Gasteiger partial charge in [0.25, 0.3) is 0 Å². The Kier molecular flexibility index (Phi) is 6.90. The van der Waals surface area contributed by atoms with Gasteiger partial charge in [0.05, 0.1) is 6.54 Å². The zero-order chi connectivity index (χ0) is 16.7. The third kappa shape index (κ3) is 5.87. The number of hydrogen-bond donors (Lipinski definition) is 1. The van der Waals surface area contributed by atoms with Gasteiger partial charge in [-0.2, -0.15) is 0 Å². The normalized spacial score (nSPS) is 21.2. The molecule has 0 heterocycles. The number of para-hydroxylation sites is 1. The lowest BCUT2D eigenvalue weighted by atomic mass is 9.86. The van der Waals surface area contributed by atoms with Crippen molar-refractivity contribution in [2.75, 3.05) is 26.7 Å². The van der Waals surface area contributed by atoms with Gasteiger partial charge in [0.1, 0.15) is 12.4 Å². The fourth-order valence-corrected chi connectivity index (χ4v) is 3.14. The summed E-state index contributed by atoms with van der Waals surface area (Å²) in [6, 6.07) is 8.35. The number of hydrogen-bond acceptors (Lipinski definition) is 3. The molecule has 0 aliphatic heterocycles. The Labute approximate surface area is 140 Å². The van der Waals surface area contributed by atoms with E-state index in [9.17, 15) is 4.79 Å². The number of benzene rings is 1. The molecule has 1 fully saturated rings. The van der Waals surface area contributed by atoms with Crippen molar-refractivity contribution in [3.8, 4) is 5.75 Å². The molecular weight excluding hydrogens is 288 g/mol. The van der Waals surface area contributed by atoms with Crippen LogP contribution in [-0.4, -0.2) is 43.6 Å². The van der Waals surface area contributed by atoms with Crippen molar-refractivity contribution in [3.63, 3.8) is 0 Å². The fourth-order valence-electron chi connectivity index (χ4n) is 3.14. The molecule has 23 heavy (non-hydrogen) atoms. The lowest BCUT2D eigenvalue weighted by molar-refractivity contribution is -0.123. The molecule has 1 amide bonds. The Balaban J connectivity index is 1.66. The van der Waals surface area contributed by atoms with E-state index in [1.165, 1.54) is 19.3 Å². The molecule has 2 unspecified atom stereocenters. The Bertz CT molecular complexity index is 504. The second-order valence-corrected chi connectivity index (χ2v) is 6.79. The van der Waals surface area contributed by atoms with Crippen LogP contribution in [0.2, 0.25) is 0 Å². The predicted octanol–water partition coefficient (Wildman–Crippen LogP) is 3.00. The minimum atomic E-state index is 0.127. The average molecular weight is 318 g/mol. The smallest absolute Gasteiger partial charge is 0.234 e. The van der Waals surface area contributed by atoms with Gasteiger partial charge in [0.2, 0.25) is 5.91 Å². The summed E-state index contributed by atoms with van der Waals surface area (Å²) in [4.78, 5) is 14.2. The van der Waals surface area contributed by atoms with Gasteiger partial charge >= 0.3 is 0 Å². The molecule has 1 saturated carbocycles. The molecule has 0 aromatic heterocycles. The number of nitrogens with zero attached hydrogens (tertiary/aromatic N) is 1. The van der Waals surface area contributed by atoms with Crippen molar-refractivity contribution < 1.29 is 9.53 Å². The topological polar surface area (TPSA) is 41.6 Å². The Morgan fingerprint density at radius 3 is 2.78 bits per heavy atom. The van der Waals surface area contributed by atoms with Gasteiger partial charge in [0.15, 0.2) is 0 Å². The lowest BCUT2D eigenvalue weighted by Gasteiger charge is -2.30. The average Bonchev–Trinajstić information content (AvgIpc) is 2.51. The summed E-state index contributed by atoms with van der Waals surface area (Å²) in [5.41, 5.74) is 1.14. The number of aryl methyl sites for hydroxylation is 1. The van der Waals surface area contributed by atoms with Crippen molar-refractivity contribution in [1.82, 2.24) is 10.2 Å². The summed E-state index contributed by atoms with van der Waals surface area (Å²) < 4.78 is 5.78. The van der Waals surface area contributed by atoms with Gasteiger partial charge < -0.3 is 10.1 Å². The molecule has 0 spiro atoms. The van der Waals surface area contributed by atoms with Crippen molar-refractivity contribution in [2.45, 2.75) is 45.6 Å². The summed E-state index contributed by atoms with van der Waals surface area (Å²) in [7, 11) is 1.96. The Morgan fingerprint density at radius 2 is 2.04 bits per heavy atom. The maximum atomic E-state index is 12.2. The van der Waals surface area contributed by atoms with Crippen LogP contribution in [0.3, 0.4) is 0 Å². The van der Waals surface area contributed by atoms with E-state index in [2.05, 4.69) is 12.2 Å². The van der Waals surface area contributed by atoms with E-state index in [0.29, 0.717) is 25.1 Å². The molecule has 2 atom stereocenters. The van der Waals surface area contributed by atoms with Crippen LogP contribution in [0.4, 0.5) is 0 Å².